The molecule has 1 aromatic rings. The Kier molecular flexibility index (Phi) is 8.23. The van der Waals surface area contributed by atoms with Crippen molar-refractivity contribution >= 4 is 45.9 Å². The number of ketones is 1. The summed E-state index contributed by atoms with van der Waals surface area (Å²) in [6, 6.07) is 0. The van der Waals surface area contributed by atoms with E-state index in [1.54, 1.807) is 20.8 Å². The van der Waals surface area contributed by atoms with Crippen LogP contribution in [-0.4, -0.2) is 49.4 Å². The number of nitrogens with one attached hydrogen (secondary N) is 1. The first kappa shape index (κ1) is 24.9. The van der Waals surface area contributed by atoms with E-state index in [2.05, 4.69) is 5.32 Å². The van der Waals surface area contributed by atoms with Gasteiger partial charge in [0.15, 0.2) is 6.61 Å². The van der Waals surface area contributed by atoms with Gasteiger partial charge in [0.25, 0.3) is 5.91 Å². The molecular formula is C23H29NO8S. The molecule has 1 N–H and O–H groups in total. The minimum absolute atomic E-state index is 0.0724. The summed E-state index contributed by atoms with van der Waals surface area (Å²) in [5, 5.41) is 2.69. The van der Waals surface area contributed by atoms with E-state index in [1.165, 1.54) is 0 Å². The van der Waals surface area contributed by atoms with Gasteiger partial charge in [-0.05, 0) is 52.0 Å². The number of ether oxygens (including phenoxy) is 3. The van der Waals surface area contributed by atoms with Crippen molar-refractivity contribution in [2.24, 2.45) is 17.8 Å². The van der Waals surface area contributed by atoms with Crippen molar-refractivity contribution in [1.82, 2.24) is 0 Å². The molecule has 2 bridgehead atoms. The molecule has 180 valence electrons. The SMILES string of the molecule is CCOC(=O)c1sc(NC(=O)COC(=O)C2CC3CCCC(C2)C3=O)c(C(=O)OCC)c1C. The van der Waals surface area contributed by atoms with Gasteiger partial charge in [-0.3, -0.25) is 14.4 Å². The molecule has 3 rings (SSSR count). The highest BCUT2D eigenvalue weighted by molar-refractivity contribution is 7.18. The number of amides is 1. The third-order valence-electron chi connectivity index (χ3n) is 6.07. The van der Waals surface area contributed by atoms with Gasteiger partial charge in [-0.1, -0.05) is 6.42 Å². The van der Waals surface area contributed by atoms with E-state index in [-0.39, 0.29) is 52.2 Å². The average molecular weight is 480 g/mol. The summed E-state index contributed by atoms with van der Waals surface area (Å²) >= 11 is 0.905. The van der Waals surface area contributed by atoms with Crippen LogP contribution in [0.2, 0.25) is 0 Å². The summed E-state index contributed by atoms with van der Waals surface area (Å²) < 4.78 is 15.3. The molecule has 9 nitrogen and oxygen atoms in total. The zero-order chi connectivity index (χ0) is 24.1. The summed E-state index contributed by atoms with van der Waals surface area (Å²) in [5.41, 5.74) is 0.422. The molecule has 2 aliphatic rings. The van der Waals surface area contributed by atoms with E-state index in [9.17, 15) is 24.0 Å². The number of fused-ring (bicyclic) bond motifs is 2. The molecule has 2 unspecified atom stereocenters. The van der Waals surface area contributed by atoms with Gasteiger partial charge in [0.2, 0.25) is 0 Å². The van der Waals surface area contributed by atoms with Crippen molar-refractivity contribution in [2.75, 3.05) is 25.1 Å². The van der Waals surface area contributed by atoms with Crippen molar-refractivity contribution in [1.29, 1.82) is 0 Å². The van der Waals surface area contributed by atoms with E-state index in [0.717, 1.165) is 30.6 Å². The number of anilines is 1. The van der Waals surface area contributed by atoms with Gasteiger partial charge in [0, 0.05) is 11.8 Å². The first-order valence-corrected chi connectivity index (χ1v) is 12.1. The molecule has 0 aliphatic heterocycles. The van der Waals surface area contributed by atoms with Crippen LogP contribution >= 0.6 is 11.3 Å². The van der Waals surface area contributed by atoms with Gasteiger partial charge in [0.05, 0.1) is 24.7 Å². The molecular weight excluding hydrogens is 450 g/mol. The lowest BCUT2D eigenvalue weighted by molar-refractivity contribution is -0.155. The molecule has 10 heteroatoms. The highest BCUT2D eigenvalue weighted by Gasteiger charge is 2.42. The van der Waals surface area contributed by atoms with Crippen LogP contribution in [0.25, 0.3) is 0 Å². The van der Waals surface area contributed by atoms with E-state index in [0.29, 0.717) is 18.4 Å². The molecule has 0 aromatic carbocycles. The van der Waals surface area contributed by atoms with Crippen molar-refractivity contribution in [3.63, 3.8) is 0 Å². The van der Waals surface area contributed by atoms with Gasteiger partial charge in [-0.2, -0.15) is 0 Å². The fourth-order valence-corrected chi connectivity index (χ4v) is 5.64. The first-order valence-electron chi connectivity index (χ1n) is 11.2. The van der Waals surface area contributed by atoms with Crippen LogP contribution in [0.1, 0.15) is 71.5 Å². The van der Waals surface area contributed by atoms with Crippen molar-refractivity contribution in [3.8, 4) is 0 Å². The number of carbonyl (C=O) groups excluding carboxylic acids is 5. The topological polar surface area (TPSA) is 125 Å². The monoisotopic (exact) mass is 479 g/mol. The maximum Gasteiger partial charge on any atom is 0.348 e. The molecule has 0 spiro atoms. The molecule has 2 fully saturated rings. The second-order valence-corrected chi connectivity index (χ2v) is 9.27. The fourth-order valence-electron chi connectivity index (χ4n) is 4.53. The van der Waals surface area contributed by atoms with E-state index < -0.39 is 30.4 Å². The van der Waals surface area contributed by atoms with Gasteiger partial charge in [-0.25, -0.2) is 9.59 Å². The minimum atomic E-state index is -0.674. The smallest absolute Gasteiger partial charge is 0.348 e. The summed E-state index contributed by atoms with van der Waals surface area (Å²) in [5.74, 6) is -2.73. The van der Waals surface area contributed by atoms with Crippen LogP contribution < -0.4 is 5.32 Å². The van der Waals surface area contributed by atoms with E-state index >= 15 is 0 Å². The average Bonchev–Trinajstić information content (AvgIpc) is 3.08. The molecule has 2 atom stereocenters. The number of Topliss-reactive ketones (excluding diaryl/α,β-unsaturated/α-hetero) is 1. The standard InChI is InChI=1S/C23H29NO8S/c1-4-30-22(28)17-12(3)19(23(29)31-5-2)33-20(17)24-16(25)11-32-21(27)15-9-13-7-6-8-14(10-15)18(13)26/h13-15H,4-11H2,1-3H3,(H,24,25). The van der Waals surface area contributed by atoms with Crippen molar-refractivity contribution < 1.29 is 38.2 Å². The molecule has 2 saturated carbocycles. The molecule has 0 radical (unpaired) electrons. The van der Waals surface area contributed by atoms with Gasteiger partial charge >= 0.3 is 17.9 Å². The minimum Gasteiger partial charge on any atom is -0.462 e. The fraction of sp³-hybridized carbons (Fsp3) is 0.609. The third kappa shape index (κ3) is 5.61. The molecule has 1 aromatic heterocycles. The number of hydrogen-bond acceptors (Lipinski definition) is 9. The zero-order valence-electron chi connectivity index (χ0n) is 19.1. The Labute approximate surface area is 196 Å². The Morgan fingerprint density at radius 3 is 2.18 bits per heavy atom. The van der Waals surface area contributed by atoms with Crippen LogP contribution in [0.3, 0.4) is 0 Å². The predicted octanol–water partition coefficient (Wildman–Crippen LogP) is 3.29. The predicted molar refractivity (Wildman–Crippen MR) is 119 cm³/mol. The Hall–Kier alpha value is -2.75. The second-order valence-electron chi connectivity index (χ2n) is 8.25. The Bertz CT molecular complexity index is 937. The number of thiophene rings is 1. The number of rotatable bonds is 8. The van der Waals surface area contributed by atoms with Crippen LogP contribution in [0.4, 0.5) is 5.00 Å². The summed E-state index contributed by atoms with van der Waals surface area (Å²) in [6.45, 7) is 4.64. The lowest BCUT2D eigenvalue weighted by Gasteiger charge is -2.36. The molecule has 1 amide bonds. The normalized spacial score (nSPS) is 21.8. The number of esters is 3. The van der Waals surface area contributed by atoms with Crippen LogP contribution in [0, 0.1) is 24.7 Å². The summed E-state index contributed by atoms with van der Waals surface area (Å²) in [7, 11) is 0. The maximum atomic E-state index is 12.5. The van der Waals surface area contributed by atoms with Crippen LogP contribution in [0.5, 0.6) is 0 Å². The number of carbonyl (C=O) groups is 5. The van der Waals surface area contributed by atoms with Gasteiger partial charge in [-0.15, -0.1) is 11.3 Å². The highest BCUT2D eigenvalue weighted by Crippen LogP contribution is 2.40. The summed E-state index contributed by atoms with van der Waals surface area (Å²) in [4.78, 5) is 62.1. The van der Waals surface area contributed by atoms with Crippen molar-refractivity contribution in [2.45, 2.75) is 52.9 Å². The Morgan fingerprint density at radius 1 is 0.970 bits per heavy atom. The van der Waals surface area contributed by atoms with Gasteiger partial charge < -0.3 is 19.5 Å². The molecule has 2 aliphatic carbocycles. The third-order valence-corrected chi connectivity index (χ3v) is 7.25. The summed E-state index contributed by atoms with van der Waals surface area (Å²) in [6.07, 6.45) is 3.54. The highest BCUT2D eigenvalue weighted by atomic mass is 32.1. The Balaban J connectivity index is 1.65. The van der Waals surface area contributed by atoms with Crippen LogP contribution in [-0.2, 0) is 28.6 Å². The van der Waals surface area contributed by atoms with E-state index in [4.69, 9.17) is 14.2 Å². The zero-order valence-corrected chi connectivity index (χ0v) is 19.9. The van der Waals surface area contributed by atoms with Crippen molar-refractivity contribution in [3.05, 3.63) is 16.0 Å². The first-order chi connectivity index (χ1) is 15.8. The lowest BCUT2D eigenvalue weighted by atomic mass is 9.67. The molecule has 0 saturated heterocycles. The van der Waals surface area contributed by atoms with E-state index in [1.807, 2.05) is 0 Å². The quantitative estimate of drug-likeness (QED) is 0.445. The largest absolute Gasteiger partial charge is 0.462 e. The lowest BCUT2D eigenvalue weighted by Crippen LogP contribution is -2.40. The second kappa shape index (κ2) is 10.9. The molecule has 33 heavy (non-hydrogen) atoms. The maximum absolute atomic E-state index is 12.5. The van der Waals surface area contributed by atoms with Crippen LogP contribution in [0.15, 0.2) is 0 Å². The van der Waals surface area contributed by atoms with Gasteiger partial charge in [0.1, 0.15) is 15.7 Å². The molecule has 1 heterocycles. The number of hydrogen-bond donors (Lipinski definition) is 1. The Morgan fingerprint density at radius 2 is 1.58 bits per heavy atom.